The van der Waals surface area contributed by atoms with Gasteiger partial charge >= 0.3 is 8.03 Å². The smallest absolute Gasteiger partial charge is 0.316 e. The van der Waals surface area contributed by atoms with Gasteiger partial charge in [-0.05, 0) is 23.7 Å². The molecule has 0 saturated carbocycles. The molecule has 0 aliphatic carbocycles. The minimum absolute atomic E-state index is 0.542. The molecule has 0 aliphatic heterocycles. The zero-order chi connectivity index (χ0) is 9.52. The Labute approximate surface area is 79.0 Å². The van der Waals surface area contributed by atoms with E-state index in [0.29, 0.717) is 18.5 Å². The Bertz CT molecular complexity index is 264. The maximum absolute atomic E-state index is 11.3. The van der Waals surface area contributed by atoms with Crippen LogP contribution in [-0.4, -0.2) is 19.8 Å². The lowest BCUT2D eigenvalue weighted by Gasteiger charge is -1.92. The van der Waals surface area contributed by atoms with Crippen molar-refractivity contribution in [3.8, 4) is 5.75 Å². The first-order valence-corrected chi connectivity index (χ1v) is 5.51. The number of rotatable bonds is 5. The van der Waals surface area contributed by atoms with Crippen molar-refractivity contribution < 1.29 is 9.09 Å². The molecule has 70 valence electrons. The van der Waals surface area contributed by atoms with Gasteiger partial charge in [-0.15, -0.1) is 0 Å². The monoisotopic (exact) mass is 198 g/mol. The van der Waals surface area contributed by atoms with E-state index in [0.717, 1.165) is 0 Å². The Balaban J connectivity index is 2.37. The molecular weight excluding hydrogens is 185 g/mol. The second-order valence-corrected chi connectivity index (χ2v) is 3.86. The molecule has 0 aromatic heterocycles. The molecule has 0 radical (unpaired) electrons. The van der Waals surface area contributed by atoms with Crippen LogP contribution in [0, 0.1) is 0 Å². The lowest BCUT2D eigenvalue weighted by molar-refractivity contribution is 0.503. The van der Waals surface area contributed by atoms with Gasteiger partial charge in [0, 0.05) is 6.54 Å². The summed E-state index contributed by atoms with van der Waals surface area (Å²) in [6.07, 6.45) is 0.542. The molecule has 0 heterocycles. The van der Waals surface area contributed by atoms with E-state index in [1.807, 2.05) is 25.2 Å². The Morgan fingerprint density at radius 2 is 2.08 bits per heavy atom. The van der Waals surface area contributed by atoms with Crippen LogP contribution in [0.5, 0.6) is 5.75 Å². The fourth-order valence-corrected chi connectivity index (χ4v) is 1.70. The minimum Gasteiger partial charge on any atom is -0.316 e. The third-order valence-electron chi connectivity index (χ3n) is 1.49. The predicted molar refractivity (Wildman–Crippen MR) is 53.5 cm³/mol. The van der Waals surface area contributed by atoms with Gasteiger partial charge in [0.25, 0.3) is 0 Å². The van der Waals surface area contributed by atoms with Crippen LogP contribution >= 0.6 is 8.03 Å². The highest BCUT2D eigenvalue weighted by atomic mass is 31.1. The summed E-state index contributed by atoms with van der Waals surface area (Å²) in [6.45, 7) is 0.710. The lowest BCUT2D eigenvalue weighted by atomic mass is 10.3. The van der Waals surface area contributed by atoms with Crippen LogP contribution in [0.15, 0.2) is 30.3 Å². The van der Waals surface area contributed by atoms with Gasteiger partial charge in [0.2, 0.25) is 0 Å². The van der Waals surface area contributed by atoms with Crippen molar-refractivity contribution in [2.45, 2.75) is 0 Å². The molecule has 1 aromatic carbocycles. The van der Waals surface area contributed by atoms with Gasteiger partial charge in [0.1, 0.15) is 0 Å². The Hall–Kier alpha value is -0.920. The Morgan fingerprint density at radius 3 is 2.69 bits per heavy atom. The highest BCUT2D eigenvalue weighted by molar-refractivity contribution is 7.39. The topological polar surface area (TPSA) is 38.3 Å². The maximum atomic E-state index is 11.3. The quantitative estimate of drug-likeness (QED) is 0.735. The molecule has 13 heavy (non-hydrogen) atoms. The average molecular weight is 198 g/mol. The zero-order valence-corrected chi connectivity index (χ0v) is 8.46. The van der Waals surface area contributed by atoms with E-state index >= 15 is 0 Å². The van der Waals surface area contributed by atoms with Crippen LogP contribution in [-0.2, 0) is 4.57 Å². The fraction of sp³-hybridized carbons (Fsp3) is 0.333. The van der Waals surface area contributed by atoms with Crippen LogP contribution in [0.25, 0.3) is 0 Å². The van der Waals surface area contributed by atoms with Crippen LogP contribution in [0.2, 0.25) is 0 Å². The van der Waals surface area contributed by atoms with Gasteiger partial charge in [-0.3, -0.25) is 4.52 Å². The summed E-state index contributed by atoms with van der Waals surface area (Å²) in [5, 5.41) is 2.92. The lowest BCUT2D eigenvalue weighted by Crippen LogP contribution is -2.10. The third-order valence-corrected chi connectivity index (χ3v) is 2.50. The van der Waals surface area contributed by atoms with E-state index in [9.17, 15) is 4.57 Å². The summed E-state index contributed by atoms with van der Waals surface area (Å²) in [6, 6.07) is 9.21. The first-order chi connectivity index (χ1) is 6.33. The normalized spacial score (nSPS) is 11.0. The van der Waals surface area contributed by atoms with Gasteiger partial charge in [0.15, 0.2) is 11.9 Å². The number of hydrogen-bond acceptors (Lipinski definition) is 3. The summed E-state index contributed by atoms with van der Waals surface area (Å²) >= 11 is 0. The summed E-state index contributed by atoms with van der Waals surface area (Å²) < 4.78 is 16.4. The minimum atomic E-state index is -1.58. The van der Waals surface area contributed by atoms with Crippen LogP contribution in [0.1, 0.15) is 0 Å². The van der Waals surface area contributed by atoms with Crippen molar-refractivity contribution in [2.24, 2.45) is 0 Å². The first kappa shape index (κ1) is 10.2. The second-order valence-electron chi connectivity index (χ2n) is 2.56. The molecule has 1 rings (SSSR count). The fourth-order valence-electron chi connectivity index (χ4n) is 0.848. The van der Waals surface area contributed by atoms with Crippen molar-refractivity contribution in [1.29, 1.82) is 0 Å². The van der Waals surface area contributed by atoms with Gasteiger partial charge in [-0.2, -0.15) is 0 Å². The zero-order valence-electron chi connectivity index (χ0n) is 7.56. The van der Waals surface area contributed by atoms with E-state index in [-0.39, 0.29) is 0 Å². The maximum Gasteiger partial charge on any atom is 0.557 e. The summed E-state index contributed by atoms with van der Waals surface area (Å²) in [4.78, 5) is 0. The molecule has 4 heteroatoms. The van der Waals surface area contributed by atoms with Gasteiger partial charge in [-0.1, -0.05) is 18.2 Å². The molecule has 0 amide bonds. The predicted octanol–water partition coefficient (Wildman–Crippen LogP) is 2.03. The van der Waals surface area contributed by atoms with Crippen molar-refractivity contribution in [3.05, 3.63) is 30.3 Å². The van der Waals surface area contributed by atoms with E-state index in [1.165, 1.54) is 0 Å². The SMILES string of the molecule is CNCC[P+](=O)Oc1ccccc1. The molecular formula is C9H13NO2P+. The Kier molecular flexibility index (Phi) is 4.44. The molecule has 1 aromatic rings. The molecule has 1 atom stereocenters. The van der Waals surface area contributed by atoms with Crippen LogP contribution < -0.4 is 9.84 Å². The highest BCUT2D eigenvalue weighted by Crippen LogP contribution is 2.25. The molecule has 0 spiro atoms. The summed E-state index contributed by atoms with van der Waals surface area (Å²) in [7, 11) is 0.250. The van der Waals surface area contributed by atoms with Gasteiger partial charge in [0.05, 0.1) is 0 Å². The molecule has 1 N–H and O–H groups in total. The number of benzene rings is 1. The Morgan fingerprint density at radius 1 is 1.38 bits per heavy atom. The average Bonchev–Trinajstić information content (AvgIpc) is 2.16. The van der Waals surface area contributed by atoms with E-state index in [4.69, 9.17) is 4.52 Å². The second kappa shape index (κ2) is 5.68. The first-order valence-electron chi connectivity index (χ1n) is 4.15. The van der Waals surface area contributed by atoms with Gasteiger partial charge < -0.3 is 5.32 Å². The van der Waals surface area contributed by atoms with Crippen molar-refractivity contribution in [2.75, 3.05) is 19.8 Å². The van der Waals surface area contributed by atoms with Crippen molar-refractivity contribution in [3.63, 3.8) is 0 Å². The number of hydrogen-bond donors (Lipinski definition) is 1. The summed E-state index contributed by atoms with van der Waals surface area (Å²) in [5.41, 5.74) is 0. The number of para-hydroxylation sites is 1. The standard InChI is InChI=1S/C9H13NO2P/c1-10-7-8-13(11)12-9-5-3-2-4-6-9/h2-6,10H,7-8H2,1H3/q+1. The van der Waals surface area contributed by atoms with Crippen LogP contribution in [0.4, 0.5) is 0 Å². The molecule has 0 bridgehead atoms. The van der Waals surface area contributed by atoms with Crippen molar-refractivity contribution >= 4 is 8.03 Å². The molecule has 1 unspecified atom stereocenters. The molecule has 3 nitrogen and oxygen atoms in total. The molecule has 0 aliphatic rings. The van der Waals surface area contributed by atoms with Crippen molar-refractivity contribution in [1.82, 2.24) is 5.32 Å². The van der Waals surface area contributed by atoms with E-state index in [1.54, 1.807) is 12.1 Å². The third kappa shape index (κ3) is 4.02. The van der Waals surface area contributed by atoms with Gasteiger partial charge in [-0.25, -0.2) is 0 Å². The number of nitrogens with one attached hydrogen (secondary N) is 1. The van der Waals surface area contributed by atoms with Crippen LogP contribution in [0.3, 0.4) is 0 Å². The summed E-state index contributed by atoms with van der Waals surface area (Å²) in [5.74, 6) is 0.666. The molecule has 0 saturated heterocycles. The van der Waals surface area contributed by atoms with E-state index < -0.39 is 8.03 Å². The van der Waals surface area contributed by atoms with E-state index in [2.05, 4.69) is 5.32 Å². The highest BCUT2D eigenvalue weighted by Gasteiger charge is 2.16. The molecule has 0 fully saturated rings. The largest absolute Gasteiger partial charge is 0.557 e.